The molecule has 12 heteroatoms. The minimum Gasteiger partial charge on any atom is -0.379 e. The van der Waals surface area contributed by atoms with Crippen molar-refractivity contribution < 1.29 is 32.2 Å². The molecule has 3 rings (SSSR count). The van der Waals surface area contributed by atoms with Crippen molar-refractivity contribution in [1.29, 1.82) is 0 Å². The predicted molar refractivity (Wildman–Crippen MR) is 136 cm³/mol. The summed E-state index contributed by atoms with van der Waals surface area (Å²) in [5.41, 5.74) is 4.27. The van der Waals surface area contributed by atoms with E-state index in [1.54, 1.807) is 12.1 Å². The van der Waals surface area contributed by atoms with Gasteiger partial charge in [0.1, 0.15) is 11.8 Å². The van der Waals surface area contributed by atoms with Crippen molar-refractivity contribution in [2.75, 3.05) is 38.7 Å². The van der Waals surface area contributed by atoms with E-state index in [0.717, 1.165) is 19.0 Å². The lowest BCUT2D eigenvalue weighted by atomic mass is 9.77. The van der Waals surface area contributed by atoms with Gasteiger partial charge in [0.25, 0.3) is 11.8 Å². The van der Waals surface area contributed by atoms with Crippen molar-refractivity contribution in [3.05, 3.63) is 59.4 Å². The summed E-state index contributed by atoms with van der Waals surface area (Å²) in [5.74, 6) is -3.50. The molecule has 2 aromatic rings. The second kappa shape index (κ2) is 12.7. The van der Waals surface area contributed by atoms with Gasteiger partial charge in [-0.2, -0.15) is 13.2 Å². The number of hydrogen-bond donors (Lipinski definition) is 4. The van der Waals surface area contributed by atoms with Crippen molar-refractivity contribution >= 4 is 17.5 Å². The first-order chi connectivity index (χ1) is 18.0. The Kier molecular flexibility index (Phi) is 9.82. The number of ether oxygens (including phenoxy) is 2. The quantitative estimate of drug-likeness (QED) is 0.307. The first-order valence-electron chi connectivity index (χ1n) is 12.3. The van der Waals surface area contributed by atoms with Crippen LogP contribution in [0.15, 0.2) is 42.6 Å². The first-order valence-corrected chi connectivity index (χ1v) is 12.3. The number of hydrogen-bond acceptors (Lipinski definition) is 7. The summed E-state index contributed by atoms with van der Waals surface area (Å²) in [6, 6.07) is 9.75. The zero-order valence-corrected chi connectivity index (χ0v) is 21.6. The lowest BCUT2D eigenvalue weighted by molar-refractivity contribution is -0.272. The van der Waals surface area contributed by atoms with E-state index < -0.39 is 41.5 Å². The highest BCUT2D eigenvalue weighted by Crippen LogP contribution is 2.53. The van der Waals surface area contributed by atoms with E-state index in [0.29, 0.717) is 31.9 Å². The summed E-state index contributed by atoms with van der Waals surface area (Å²) in [5, 5.41) is 8.80. The number of aromatic nitrogens is 1. The fraction of sp³-hybridized carbons (Fsp3) is 0.500. The first kappa shape index (κ1) is 29.5. The number of amides is 2. The monoisotopic (exact) mass is 537 g/mol. The number of primary amides is 1. The summed E-state index contributed by atoms with van der Waals surface area (Å²) in [4.78, 5) is 28.4. The number of halogens is 3. The molecule has 1 aromatic carbocycles. The Labute approximate surface area is 219 Å². The summed E-state index contributed by atoms with van der Waals surface area (Å²) in [7, 11) is 1.85. The zero-order valence-electron chi connectivity index (χ0n) is 21.6. The summed E-state index contributed by atoms with van der Waals surface area (Å²) in [6.07, 6.45) is -4.86. The molecule has 0 saturated carbocycles. The van der Waals surface area contributed by atoms with Gasteiger partial charge in [0.15, 0.2) is 5.60 Å². The van der Waals surface area contributed by atoms with E-state index in [1.165, 1.54) is 25.3 Å². The van der Waals surface area contributed by atoms with E-state index in [1.807, 2.05) is 19.2 Å². The van der Waals surface area contributed by atoms with Crippen LogP contribution in [0.5, 0.6) is 0 Å². The van der Waals surface area contributed by atoms with Crippen LogP contribution in [0.3, 0.4) is 0 Å². The predicted octanol–water partition coefficient (Wildman–Crippen LogP) is 2.58. The Morgan fingerprint density at radius 1 is 1.16 bits per heavy atom. The lowest BCUT2D eigenvalue weighted by Crippen LogP contribution is -2.47. The molecule has 1 aromatic heterocycles. The molecule has 0 aliphatic carbocycles. The highest BCUT2D eigenvalue weighted by atomic mass is 19.4. The molecule has 1 aliphatic heterocycles. The number of likely N-dealkylation sites (N-methyl/N-ethyl adjacent to an activating group) is 1. The van der Waals surface area contributed by atoms with Crippen molar-refractivity contribution in [1.82, 2.24) is 15.6 Å². The molecule has 1 aliphatic rings. The largest absolute Gasteiger partial charge is 0.417 e. The number of anilines is 1. The van der Waals surface area contributed by atoms with Gasteiger partial charge >= 0.3 is 6.18 Å². The summed E-state index contributed by atoms with van der Waals surface area (Å²) in [6.45, 7) is 5.56. The summed E-state index contributed by atoms with van der Waals surface area (Å²) < 4.78 is 53.2. The maximum absolute atomic E-state index is 14.1. The van der Waals surface area contributed by atoms with Gasteiger partial charge in [-0.25, -0.2) is 0 Å². The van der Waals surface area contributed by atoms with Gasteiger partial charge in [-0.1, -0.05) is 31.2 Å². The van der Waals surface area contributed by atoms with Crippen molar-refractivity contribution in [2.24, 2.45) is 11.7 Å². The molecular weight excluding hydrogens is 503 g/mol. The van der Waals surface area contributed by atoms with Crippen LogP contribution < -0.4 is 21.7 Å². The van der Waals surface area contributed by atoms with Crippen molar-refractivity contribution in [3.8, 4) is 0 Å². The number of nitrogens with one attached hydrogen (secondary N) is 3. The number of benzene rings is 1. The zero-order chi connectivity index (χ0) is 27.9. The van der Waals surface area contributed by atoms with Crippen molar-refractivity contribution in [2.45, 2.75) is 44.2 Å². The maximum atomic E-state index is 14.1. The second-order valence-corrected chi connectivity index (χ2v) is 9.38. The number of nitrogens with two attached hydrogens (primary N) is 1. The Balaban J connectivity index is 1.76. The number of carbonyl (C=O) groups is 2. The third-order valence-corrected chi connectivity index (χ3v) is 6.82. The fourth-order valence-corrected chi connectivity index (χ4v) is 4.42. The standard InChI is InChI=1S/C26H34F3N5O4/c1-16-21(18-6-4-17(5-7-18)15-32-11-13-37-12-10-31-3)22(38-25(16,2)26(27,28)29)24(36)34-19-8-9-33-20(14-19)23(30)35/h4-9,14,16,21-22,31-32H,10-13,15H2,1-3H3,(H2,30,35)(H,33,34,36)/t16-,21-,22+,25+/m0/s1. The Bertz CT molecular complexity index is 1100. The molecule has 1 fully saturated rings. The van der Waals surface area contributed by atoms with E-state index in [9.17, 15) is 22.8 Å². The van der Waals surface area contributed by atoms with Gasteiger partial charge in [0, 0.05) is 43.4 Å². The number of rotatable bonds is 12. The van der Waals surface area contributed by atoms with E-state index in [2.05, 4.69) is 20.9 Å². The summed E-state index contributed by atoms with van der Waals surface area (Å²) >= 11 is 0. The van der Waals surface area contributed by atoms with Gasteiger partial charge in [-0.3, -0.25) is 14.6 Å². The second-order valence-electron chi connectivity index (χ2n) is 9.38. The molecular formula is C26H34F3N5O4. The molecule has 2 heterocycles. The molecule has 0 unspecified atom stereocenters. The van der Waals surface area contributed by atoms with Crippen LogP contribution in [0, 0.1) is 5.92 Å². The van der Waals surface area contributed by atoms with Crippen LogP contribution in [-0.2, 0) is 20.8 Å². The molecule has 208 valence electrons. The van der Waals surface area contributed by atoms with E-state index in [4.69, 9.17) is 15.2 Å². The molecule has 2 amide bonds. The molecule has 5 N–H and O–H groups in total. The van der Waals surface area contributed by atoms with Crippen LogP contribution in [0.25, 0.3) is 0 Å². The fourth-order valence-electron chi connectivity index (χ4n) is 4.42. The number of carbonyl (C=O) groups excluding carboxylic acids is 2. The van der Waals surface area contributed by atoms with Crippen LogP contribution in [0.2, 0.25) is 0 Å². The lowest BCUT2D eigenvalue weighted by Gasteiger charge is -2.31. The highest BCUT2D eigenvalue weighted by Gasteiger charge is 2.65. The third kappa shape index (κ3) is 6.87. The number of alkyl halides is 3. The molecule has 1 saturated heterocycles. The molecule has 0 bridgehead atoms. The Hall–Kier alpha value is -3.06. The molecule has 9 nitrogen and oxygen atoms in total. The number of nitrogens with zero attached hydrogens (tertiary/aromatic N) is 1. The number of pyridine rings is 1. The minimum absolute atomic E-state index is 0.0890. The van der Waals surface area contributed by atoms with Crippen LogP contribution in [-0.4, -0.2) is 68.0 Å². The van der Waals surface area contributed by atoms with Gasteiger partial charge < -0.3 is 31.2 Å². The average molecular weight is 538 g/mol. The van der Waals surface area contributed by atoms with Crippen LogP contribution in [0.1, 0.15) is 41.4 Å². The Morgan fingerprint density at radius 2 is 1.84 bits per heavy atom. The molecule has 0 radical (unpaired) electrons. The molecule has 38 heavy (non-hydrogen) atoms. The van der Waals surface area contributed by atoms with Gasteiger partial charge in [-0.05, 0) is 37.2 Å². The normalized spacial score (nSPS) is 23.4. The van der Waals surface area contributed by atoms with Gasteiger partial charge in [0.2, 0.25) is 0 Å². The molecule has 0 spiro atoms. The molecule has 4 atom stereocenters. The smallest absolute Gasteiger partial charge is 0.379 e. The van der Waals surface area contributed by atoms with Crippen LogP contribution >= 0.6 is 0 Å². The highest BCUT2D eigenvalue weighted by molar-refractivity contribution is 5.97. The maximum Gasteiger partial charge on any atom is 0.417 e. The van der Waals surface area contributed by atoms with E-state index in [-0.39, 0.29) is 11.4 Å². The average Bonchev–Trinajstić information content (AvgIpc) is 3.16. The van der Waals surface area contributed by atoms with Gasteiger partial charge in [-0.15, -0.1) is 0 Å². The third-order valence-electron chi connectivity index (χ3n) is 6.82. The SMILES string of the molecule is CNCCOCCNCc1ccc([C@H]2[C@H](C(=O)Nc3ccnc(C(N)=O)c3)O[C@@](C)(C(F)(F)F)[C@H]2C)cc1. The van der Waals surface area contributed by atoms with Crippen molar-refractivity contribution in [3.63, 3.8) is 0 Å². The topological polar surface area (TPSA) is 128 Å². The van der Waals surface area contributed by atoms with Crippen LogP contribution in [0.4, 0.5) is 18.9 Å². The minimum atomic E-state index is -4.70. The Morgan fingerprint density at radius 3 is 2.47 bits per heavy atom. The van der Waals surface area contributed by atoms with Gasteiger partial charge in [0.05, 0.1) is 13.2 Å². The van der Waals surface area contributed by atoms with E-state index >= 15 is 0 Å².